The van der Waals surface area contributed by atoms with Crippen molar-refractivity contribution in [3.8, 4) is 0 Å². The van der Waals surface area contributed by atoms with Crippen molar-refractivity contribution >= 4 is 11.9 Å². The lowest BCUT2D eigenvalue weighted by atomic mass is 9.79. The Balaban J connectivity index is 1.28. The average molecular weight is 289 g/mol. The van der Waals surface area contributed by atoms with Gasteiger partial charge in [0.15, 0.2) is 0 Å². The number of imidazole rings is 1. The lowest BCUT2D eigenvalue weighted by molar-refractivity contribution is -0.144. The minimum Gasteiger partial charge on any atom is -0.481 e. The Kier molecular flexibility index (Phi) is 2.65. The Morgan fingerprint density at radius 1 is 1.29 bits per heavy atom. The fourth-order valence-electron chi connectivity index (χ4n) is 4.12. The Bertz CT molecular complexity index is 579. The molecule has 112 valence electrons. The molecule has 3 fully saturated rings. The lowest BCUT2D eigenvalue weighted by Gasteiger charge is -2.35. The number of carboxylic acid groups (broad SMARTS) is 1. The molecule has 0 saturated heterocycles. The number of carboxylic acids is 1. The van der Waals surface area contributed by atoms with E-state index in [1.54, 1.807) is 12.5 Å². The first-order chi connectivity index (χ1) is 10.1. The zero-order valence-electron chi connectivity index (χ0n) is 11.7. The summed E-state index contributed by atoms with van der Waals surface area (Å²) in [6.45, 7) is 0. The van der Waals surface area contributed by atoms with Gasteiger partial charge in [-0.1, -0.05) is 0 Å². The van der Waals surface area contributed by atoms with Gasteiger partial charge in [-0.05, 0) is 38.0 Å². The SMILES string of the molecule is O=C(N[C@H]1C[C@@H]2C[C@]2(C(=O)O)C1)C1CC(n2ccnc2)C1. The van der Waals surface area contributed by atoms with Crippen LogP contribution in [-0.4, -0.2) is 32.6 Å². The largest absolute Gasteiger partial charge is 0.481 e. The summed E-state index contributed by atoms with van der Waals surface area (Å²) in [5.74, 6) is -0.248. The van der Waals surface area contributed by atoms with E-state index in [4.69, 9.17) is 0 Å². The topological polar surface area (TPSA) is 84.2 Å². The molecule has 6 heteroatoms. The standard InChI is InChI=1S/C15H19N3O3/c19-13(9-3-12(4-9)18-2-1-16-8-18)17-11-5-10-6-15(10,7-11)14(20)21/h1-2,8-12H,3-7H2,(H,17,19)(H,20,21)/t9?,10-,11+,12?,15+/m1/s1. The van der Waals surface area contributed by atoms with Crippen LogP contribution in [0.4, 0.5) is 0 Å². The molecule has 3 aliphatic carbocycles. The van der Waals surface area contributed by atoms with Crippen LogP contribution in [-0.2, 0) is 9.59 Å². The van der Waals surface area contributed by atoms with Crippen LogP contribution in [0.2, 0.25) is 0 Å². The van der Waals surface area contributed by atoms with Crippen LogP contribution >= 0.6 is 0 Å². The van der Waals surface area contributed by atoms with E-state index >= 15 is 0 Å². The van der Waals surface area contributed by atoms with Gasteiger partial charge in [-0.15, -0.1) is 0 Å². The van der Waals surface area contributed by atoms with Gasteiger partial charge in [-0.3, -0.25) is 9.59 Å². The second-order valence-corrected chi connectivity index (χ2v) is 6.84. The second kappa shape index (κ2) is 4.32. The maximum atomic E-state index is 12.2. The number of rotatable bonds is 4. The van der Waals surface area contributed by atoms with Gasteiger partial charge in [-0.25, -0.2) is 4.98 Å². The van der Waals surface area contributed by atoms with Crippen LogP contribution < -0.4 is 5.32 Å². The third kappa shape index (κ3) is 1.96. The van der Waals surface area contributed by atoms with Gasteiger partial charge in [0, 0.05) is 30.4 Å². The number of carbonyl (C=O) groups excluding carboxylic acids is 1. The van der Waals surface area contributed by atoms with E-state index in [2.05, 4.69) is 10.3 Å². The molecule has 1 aromatic heterocycles. The number of hydrogen-bond donors (Lipinski definition) is 2. The molecule has 0 aliphatic heterocycles. The number of hydrogen-bond acceptors (Lipinski definition) is 3. The summed E-state index contributed by atoms with van der Waals surface area (Å²) in [6.07, 6.45) is 9.40. The Morgan fingerprint density at radius 2 is 2.10 bits per heavy atom. The van der Waals surface area contributed by atoms with Crippen LogP contribution in [0, 0.1) is 17.3 Å². The Labute approximate surface area is 122 Å². The molecule has 1 amide bonds. The van der Waals surface area contributed by atoms with Crippen molar-refractivity contribution in [3.63, 3.8) is 0 Å². The highest BCUT2D eigenvalue weighted by atomic mass is 16.4. The highest BCUT2D eigenvalue weighted by Crippen LogP contribution is 2.63. The van der Waals surface area contributed by atoms with Crippen LogP contribution in [0.5, 0.6) is 0 Å². The lowest BCUT2D eigenvalue weighted by Crippen LogP contribution is -2.43. The van der Waals surface area contributed by atoms with Crippen LogP contribution in [0.25, 0.3) is 0 Å². The van der Waals surface area contributed by atoms with Crippen LogP contribution in [0.3, 0.4) is 0 Å². The zero-order chi connectivity index (χ0) is 14.6. The maximum Gasteiger partial charge on any atom is 0.310 e. The first-order valence-corrected chi connectivity index (χ1v) is 7.60. The summed E-state index contributed by atoms with van der Waals surface area (Å²) in [5.41, 5.74) is -0.517. The number of fused-ring (bicyclic) bond motifs is 1. The molecule has 21 heavy (non-hydrogen) atoms. The van der Waals surface area contributed by atoms with Gasteiger partial charge in [0.05, 0.1) is 11.7 Å². The molecule has 0 spiro atoms. The van der Waals surface area contributed by atoms with Gasteiger partial charge < -0.3 is 15.0 Å². The van der Waals surface area contributed by atoms with E-state index in [0.717, 1.165) is 25.7 Å². The molecule has 3 saturated carbocycles. The number of nitrogens with one attached hydrogen (secondary N) is 1. The normalized spacial score (nSPS) is 40.2. The summed E-state index contributed by atoms with van der Waals surface area (Å²) >= 11 is 0. The minimum absolute atomic E-state index is 0.0552. The summed E-state index contributed by atoms with van der Waals surface area (Å²) in [7, 11) is 0. The highest BCUT2D eigenvalue weighted by Gasteiger charge is 2.65. The van der Waals surface area contributed by atoms with E-state index in [-0.39, 0.29) is 23.8 Å². The van der Waals surface area contributed by atoms with E-state index in [1.165, 1.54) is 0 Å². The van der Waals surface area contributed by atoms with Gasteiger partial charge in [0.1, 0.15) is 0 Å². The predicted octanol–water partition coefficient (Wildman–Crippen LogP) is 1.20. The summed E-state index contributed by atoms with van der Waals surface area (Å²) in [5, 5.41) is 12.3. The molecule has 6 nitrogen and oxygen atoms in total. The zero-order valence-corrected chi connectivity index (χ0v) is 11.7. The monoisotopic (exact) mass is 289 g/mol. The predicted molar refractivity (Wildman–Crippen MR) is 73.3 cm³/mol. The summed E-state index contributed by atoms with van der Waals surface area (Å²) in [6, 6.07) is 0.435. The van der Waals surface area contributed by atoms with E-state index < -0.39 is 11.4 Å². The molecule has 1 heterocycles. The molecule has 2 N–H and O–H groups in total. The second-order valence-electron chi connectivity index (χ2n) is 6.84. The summed E-state index contributed by atoms with van der Waals surface area (Å²) in [4.78, 5) is 27.5. The average Bonchev–Trinajstić information content (AvgIpc) is 2.77. The van der Waals surface area contributed by atoms with Gasteiger partial charge >= 0.3 is 5.97 Å². The smallest absolute Gasteiger partial charge is 0.310 e. The van der Waals surface area contributed by atoms with E-state index in [1.807, 2.05) is 10.8 Å². The molecular weight excluding hydrogens is 270 g/mol. The van der Waals surface area contributed by atoms with Crippen molar-refractivity contribution in [2.45, 2.75) is 44.2 Å². The van der Waals surface area contributed by atoms with Gasteiger partial charge in [0.25, 0.3) is 0 Å². The fraction of sp³-hybridized carbons (Fsp3) is 0.667. The molecular formula is C15H19N3O3. The molecule has 1 aromatic rings. The first-order valence-electron chi connectivity index (χ1n) is 7.60. The van der Waals surface area contributed by atoms with Crippen molar-refractivity contribution < 1.29 is 14.7 Å². The first kappa shape index (κ1) is 12.9. The molecule has 3 atom stereocenters. The number of amides is 1. The number of nitrogens with zero attached hydrogens (tertiary/aromatic N) is 2. The molecule has 0 radical (unpaired) electrons. The number of aromatic nitrogens is 2. The van der Waals surface area contributed by atoms with Crippen molar-refractivity contribution in [1.29, 1.82) is 0 Å². The molecule has 4 rings (SSSR count). The van der Waals surface area contributed by atoms with Crippen molar-refractivity contribution in [2.75, 3.05) is 0 Å². The quantitative estimate of drug-likeness (QED) is 0.872. The highest BCUT2D eigenvalue weighted by molar-refractivity contribution is 5.82. The third-order valence-electron chi connectivity index (χ3n) is 5.61. The van der Waals surface area contributed by atoms with Crippen LogP contribution in [0.15, 0.2) is 18.7 Å². The summed E-state index contributed by atoms with van der Waals surface area (Å²) < 4.78 is 2.05. The van der Waals surface area contributed by atoms with Gasteiger partial charge in [0.2, 0.25) is 5.91 Å². The van der Waals surface area contributed by atoms with E-state index in [9.17, 15) is 14.7 Å². The van der Waals surface area contributed by atoms with Crippen molar-refractivity contribution in [3.05, 3.63) is 18.7 Å². The molecule has 0 unspecified atom stereocenters. The van der Waals surface area contributed by atoms with Crippen molar-refractivity contribution in [1.82, 2.24) is 14.9 Å². The minimum atomic E-state index is -0.687. The third-order valence-corrected chi connectivity index (χ3v) is 5.61. The number of aliphatic carboxylic acids is 1. The molecule has 0 bridgehead atoms. The fourth-order valence-corrected chi connectivity index (χ4v) is 4.12. The van der Waals surface area contributed by atoms with E-state index in [0.29, 0.717) is 12.5 Å². The number of carbonyl (C=O) groups is 2. The van der Waals surface area contributed by atoms with Gasteiger partial charge in [-0.2, -0.15) is 0 Å². The Morgan fingerprint density at radius 3 is 2.71 bits per heavy atom. The molecule has 3 aliphatic rings. The maximum absolute atomic E-state index is 12.2. The molecule has 0 aromatic carbocycles. The Hall–Kier alpha value is -1.85. The van der Waals surface area contributed by atoms with Crippen molar-refractivity contribution in [2.24, 2.45) is 17.3 Å². The van der Waals surface area contributed by atoms with Crippen LogP contribution in [0.1, 0.15) is 38.1 Å².